The van der Waals surface area contributed by atoms with Gasteiger partial charge in [-0.1, -0.05) is 6.07 Å². The van der Waals surface area contributed by atoms with Crippen molar-refractivity contribution in [3.8, 4) is 0 Å². The molecule has 0 aliphatic carbocycles. The van der Waals surface area contributed by atoms with Crippen molar-refractivity contribution in [1.29, 1.82) is 0 Å². The van der Waals surface area contributed by atoms with Crippen LogP contribution in [0.2, 0.25) is 0 Å². The quantitative estimate of drug-likeness (QED) is 0.922. The second kappa shape index (κ2) is 6.30. The molecule has 2 fully saturated rings. The summed E-state index contributed by atoms with van der Waals surface area (Å²) in [5, 5.41) is 9.52. The highest BCUT2D eigenvalue weighted by Gasteiger charge is 2.29. The number of benzene rings is 1. The van der Waals surface area contributed by atoms with Gasteiger partial charge in [0.1, 0.15) is 5.82 Å². The molecule has 4 nitrogen and oxygen atoms in total. The third-order valence-corrected chi connectivity index (χ3v) is 4.52. The Bertz CT molecular complexity index is 489. The van der Waals surface area contributed by atoms with Crippen LogP contribution < -0.4 is 4.90 Å². The second-order valence-corrected chi connectivity index (χ2v) is 5.92. The Morgan fingerprint density at radius 3 is 2.71 bits per heavy atom. The summed E-state index contributed by atoms with van der Waals surface area (Å²) in [6, 6.07) is 5.54. The van der Waals surface area contributed by atoms with E-state index in [4.69, 9.17) is 4.74 Å². The van der Waals surface area contributed by atoms with Crippen LogP contribution in [0.25, 0.3) is 0 Å². The molecule has 1 aromatic rings. The zero-order valence-corrected chi connectivity index (χ0v) is 12.5. The Labute approximate surface area is 125 Å². The van der Waals surface area contributed by atoms with Gasteiger partial charge < -0.3 is 14.7 Å². The molecule has 1 aromatic carbocycles. The minimum Gasteiger partial charge on any atom is -0.389 e. The molecule has 2 unspecified atom stereocenters. The maximum Gasteiger partial charge on any atom is 0.146 e. The third-order valence-electron chi connectivity index (χ3n) is 4.52. The summed E-state index contributed by atoms with van der Waals surface area (Å²) >= 11 is 0. The summed E-state index contributed by atoms with van der Waals surface area (Å²) in [7, 11) is 0. The van der Waals surface area contributed by atoms with E-state index in [0.717, 1.165) is 45.8 Å². The number of halogens is 1. The van der Waals surface area contributed by atoms with Crippen molar-refractivity contribution in [3.63, 3.8) is 0 Å². The summed E-state index contributed by atoms with van der Waals surface area (Å²) < 4.78 is 19.6. The van der Waals surface area contributed by atoms with E-state index in [0.29, 0.717) is 17.3 Å². The smallest absolute Gasteiger partial charge is 0.146 e. The van der Waals surface area contributed by atoms with E-state index in [9.17, 15) is 9.50 Å². The first-order chi connectivity index (χ1) is 10.1. The third kappa shape index (κ3) is 3.20. The molecule has 0 saturated carbocycles. The standard InChI is InChI=1S/C16H23FN2O2/c1-12(20)13-2-3-16(15(17)10-13)19-5-4-14(11-19)18-6-8-21-9-7-18/h2-3,10,12,14,20H,4-9,11H2,1H3. The summed E-state index contributed by atoms with van der Waals surface area (Å²) in [5.74, 6) is -0.240. The molecule has 1 N–H and O–H groups in total. The lowest BCUT2D eigenvalue weighted by molar-refractivity contribution is 0.0209. The lowest BCUT2D eigenvalue weighted by Crippen LogP contribution is -2.44. The summed E-state index contributed by atoms with van der Waals surface area (Å²) in [4.78, 5) is 4.56. The average Bonchev–Trinajstić information content (AvgIpc) is 2.97. The van der Waals surface area contributed by atoms with Gasteiger partial charge >= 0.3 is 0 Å². The van der Waals surface area contributed by atoms with Gasteiger partial charge in [0.05, 0.1) is 25.0 Å². The molecule has 2 saturated heterocycles. The molecule has 0 amide bonds. The van der Waals surface area contributed by atoms with Gasteiger partial charge in [-0.05, 0) is 31.0 Å². The largest absolute Gasteiger partial charge is 0.389 e. The highest BCUT2D eigenvalue weighted by molar-refractivity contribution is 5.50. The molecule has 0 bridgehead atoms. The number of hydrogen-bond donors (Lipinski definition) is 1. The van der Waals surface area contributed by atoms with Crippen LogP contribution in [0, 0.1) is 5.82 Å². The first-order valence-corrected chi connectivity index (χ1v) is 7.69. The van der Waals surface area contributed by atoms with Crippen LogP contribution in [0.4, 0.5) is 10.1 Å². The van der Waals surface area contributed by atoms with Crippen LogP contribution in [0.5, 0.6) is 0 Å². The maximum absolute atomic E-state index is 14.2. The first kappa shape index (κ1) is 14.8. The van der Waals surface area contributed by atoms with E-state index < -0.39 is 6.10 Å². The molecular weight excluding hydrogens is 271 g/mol. The molecule has 2 heterocycles. The van der Waals surface area contributed by atoms with E-state index in [-0.39, 0.29) is 5.82 Å². The van der Waals surface area contributed by atoms with Gasteiger partial charge in [-0.15, -0.1) is 0 Å². The fourth-order valence-electron chi connectivity index (χ4n) is 3.24. The number of ether oxygens (including phenoxy) is 1. The van der Waals surface area contributed by atoms with E-state index in [1.807, 2.05) is 6.07 Å². The van der Waals surface area contributed by atoms with Gasteiger partial charge in [-0.2, -0.15) is 0 Å². The molecule has 3 rings (SSSR count). The van der Waals surface area contributed by atoms with Crippen LogP contribution in [0.1, 0.15) is 25.0 Å². The van der Waals surface area contributed by atoms with Gasteiger partial charge in [0, 0.05) is 32.2 Å². The predicted molar refractivity (Wildman–Crippen MR) is 80.0 cm³/mol. The highest BCUT2D eigenvalue weighted by Crippen LogP contribution is 2.28. The van der Waals surface area contributed by atoms with Crippen molar-refractivity contribution < 1.29 is 14.2 Å². The molecule has 116 valence electrons. The van der Waals surface area contributed by atoms with Gasteiger partial charge in [-0.3, -0.25) is 4.90 Å². The van der Waals surface area contributed by atoms with Crippen LogP contribution in [-0.4, -0.2) is 55.4 Å². The van der Waals surface area contributed by atoms with Gasteiger partial charge in [0.2, 0.25) is 0 Å². The number of anilines is 1. The van der Waals surface area contributed by atoms with Crippen molar-refractivity contribution in [2.45, 2.75) is 25.5 Å². The minimum atomic E-state index is -0.631. The normalized spacial score (nSPS) is 25.3. The SMILES string of the molecule is CC(O)c1ccc(N2CCC(N3CCOCC3)C2)c(F)c1. The van der Waals surface area contributed by atoms with Crippen molar-refractivity contribution in [2.24, 2.45) is 0 Å². The number of nitrogens with zero attached hydrogens (tertiary/aromatic N) is 2. The van der Waals surface area contributed by atoms with Crippen LogP contribution in [-0.2, 0) is 4.74 Å². The Balaban J connectivity index is 1.68. The van der Waals surface area contributed by atoms with Gasteiger partial charge in [-0.25, -0.2) is 4.39 Å². The molecule has 0 aromatic heterocycles. The van der Waals surface area contributed by atoms with Crippen LogP contribution >= 0.6 is 0 Å². The summed E-state index contributed by atoms with van der Waals surface area (Å²) in [6.07, 6.45) is 0.436. The number of morpholine rings is 1. The first-order valence-electron chi connectivity index (χ1n) is 7.69. The molecule has 2 aliphatic rings. The monoisotopic (exact) mass is 294 g/mol. The Morgan fingerprint density at radius 2 is 2.05 bits per heavy atom. The van der Waals surface area contributed by atoms with E-state index in [2.05, 4.69) is 9.80 Å². The topological polar surface area (TPSA) is 35.9 Å². The van der Waals surface area contributed by atoms with E-state index >= 15 is 0 Å². The molecular formula is C16H23FN2O2. The van der Waals surface area contributed by atoms with Crippen molar-refractivity contribution in [2.75, 3.05) is 44.3 Å². The lowest BCUT2D eigenvalue weighted by Gasteiger charge is -2.32. The Morgan fingerprint density at radius 1 is 1.29 bits per heavy atom. The van der Waals surface area contributed by atoms with Crippen molar-refractivity contribution in [3.05, 3.63) is 29.6 Å². The van der Waals surface area contributed by atoms with Crippen LogP contribution in [0.3, 0.4) is 0 Å². The fraction of sp³-hybridized carbons (Fsp3) is 0.625. The van der Waals surface area contributed by atoms with Crippen LogP contribution in [0.15, 0.2) is 18.2 Å². The molecule has 2 atom stereocenters. The van der Waals surface area contributed by atoms with Crippen molar-refractivity contribution >= 4 is 5.69 Å². The minimum absolute atomic E-state index is 0.240. The zero-order valence-electron chi connectivity index (χ0n) is 12.5. The Kier molecular flexibility index (Phi) is 4.42. The zero-order chi connectivity index (χ0) is 14.8. The molecule has 5 heteroatoms. The number of aliphatic hydroxyl groups excluding tert-OH is 1. The number of rotatable bonds is 3. The summed E-state index contributed by atoms with van der Waals surface area (Å²) in [5.41, 5.74) is 1.27. The van der Waals surface area contributed by atoms with Crippen molar-refractivity contribution in [1.82, 2.24) is 4.90 Å². The average molecular weight is 294 g/mol. The van der Waals surface area contributed by atoms with Gasteiger partial charge in [0.15, 0.2) is 0 Å². The Hall–Kier alpha value is -1.17. The van der Waals surface area contributed by atoms with E-state index in [1.165, 1.54) is 6.07 Å². The second-order valence-electron chi connectivity index (χ2n) is 5.92. The number of hydrogen-bond acceptors (Lipinski definition) is 4. The summed E-state index contributed by atoms with van der Waals surface area (Å²) in [6.45, 7) is 6.95. The van der Waals surface area contributed by atoms with Gasteiger partial charge in [0.25, 0.3) is 0 Å². The lowest BCUT2D eigenvalue weighted by atomic mass is 10.1. The molecule has 0 radical (unpaired) electrons. The molecule has 0 spiro atoms. The molecule has 2 aliphatic heterocycles. The predicted octanol–water partition coefficient (Wildman–Crippen LogP) is 1.79. The molecule has 21 heavy (non-hydrogen) atoms. The fourth-order valence-corrected chi connectivity index (χ4v) is 3.24. The van der Waals surface area contributed by atoms with E-state index in [1.54, 1.807) is 13.0 Å². The highest BCUT2D eigenvalue weighted by atomic mass is 19.1. The maximum atomic E-state index is 14.2. The number of aliphatic hydroxyl groups is 1.